The molecule has 1 amide bonds. The predicted molar refractivity (Wildman–Crippen MR) is 73.2 cm³/mol. The molecule has 1 fully saturated rings. The number of carbonyl (C=O) groups excluding carboxylic acids is 2. The Balaban J connectivity index is 1.91. The third-order valence-corrected chi connectivity index (χ3v) is 3.90. The summed E-state index contributed by atoms with van der Waals surface area (Å²) in [7, 11) is 1.41. The molecule has 1 N–H and O–H groups in total. The Labute approximate surface area is 118 Å². The van der Waals surface area contributed by atoms with Gasteiger partial charge in [-0.15, -0.1) is 0 Å². The highest BCUT2D eigenvalue weighted by atomic mass is 16.5. The first kappa shape index (κ1) is 14.6. The van der Waals surface area contributed by atoms with Crippen LogP contribution in [0.3, 0.4) is 0 Å². The highest BCUT2D eigenvalue weighted by molar-refractivity contribution is 5.91. The Morgan fingerprint density at radius 1 is 1.35 bits per heavy atom. The van der Waals surface area contributed by atoms with Gasteiger partial charge in [0.15, 0.2) is 5.76 Å². The number of ether oxygens (including phenoxy) is 1. The van der Waals surface area contributed by atoms with Gasteiger partial charge in [0.2, 0.25) is 0 Å². The summed E-state index contributed by atoms with van der Waals surface area (Å²) in [6.45, 7) is 2.28. The van der Waals surface area contributed by atoms with E-state index in [4.69, 9.17) is 9.15 Å². The van der Waals surface area contributed by atoms with E-state index in [0.717, 1.165) is 25.7 Å². The number of amides is 1. The Morgan fingerprint density at radius 3 is 2.75 bits per heavy atom. The summed E-state index contributed by atoms with van der Waals surface area (Å²) in [6.07, 6.45) is 3.92. The molecule has 1 aromatic rings. The number of hydrogen-bond acceptors (Lipinski definition) is 4. The van der Waals surface area contributed by atoms with E-state index in [0.29, 0.717) is 18.1 Å². The molecule has 20 heavy (non-hydrogen) atoms. The van der Waals surface area contributed by atoms with Gasteiger partial charge in [-0.05, 0) is 37.8 Å². The summed E-state index contributed by atoms with van der Waals surface area (Å²) in [4.78, 5) is 23.7. The van der Waals surface area contributed by atoms with E-state index < -0.39 is 0 Å². The van der Waals surface area contributed by atoms with Crippen LogP contribution in [0.1, 0.15) is 42.0 Å². The molecule has 2 rings (SSSR count). The van der Waals surface area contributed by atoms with E-state index in [2.05, 4.69) is 5.32 Å². The average molecular weight is 279 g/mol. The van der Waals surface area contributed by atoms with Crippen molar-refractivity contribution in [3.63, 3.8) is 0 Å². The summed E-state index contributed by atoms with van der Waals surface area (Å²) >= 11 is 0. The molecule has 110 valence electrons. The molecule has 2 unspecified atom stereocenters. The van der Waals surface area contributed by atoms with Crippen LogP contribution in [0.5, 0.6) is 0 Å². The number of aryl methyl sites for hydroxylation is 1. The van der Waals surface area contributed by atoms with Crippen molar-refractivity contribution in [2.24, 2.45) is 11.8 Å². The van der Waals surface area contributed by atoms with E-state index in [1.165, 1.54) is 7.11 Å². The zero-order valence-electron chi connectivity index (χ0n) is 12.0. The SMILES string of the molecule is COC(=O)C1CCCCC1CNC(=O)c1ccc(C)o1. The minimum atomic E-state index is -0.229. The lowest BCUT2D eigenvalue weighted by molar-refractivity contribution is -0.148. The van der Waals surface area contributed by atoms with E-state index in [-0.39, 0.29) is 23.7 Å². The van der Waals surface area contributed by atoms with Gasteiger partial charge in [-0.3, -0.25) is 9.59 Å². The van der Waals surface area contributed by atoms with Gasteiger partial charge >= 0.3 is 5.97 Å². The third-order valence-electron chi connectivity index (χ3n) is 3.90. The Hall–Kier alpha value is -1.78. The van der Waals surface area contributed by atoms with Gasteiger partial charge in [0.25, 0.3) is 5.91 Å². The smallest absolute Gasteiger partial charge is 0.309 e. The molecule has 0 aromatic carbocycles. The fraction of sp³-hybridized carbons (Fsp3) is 0.600. The third kappa shape index (κ3) is 3.40. The summed E-state index contributed by atoms with van der Waals surface area (Å²) in [5.74, 6) is 0.668. The summed E-state index contributed by atoms with van der Waals surface area (Å²) in [6, 6.07) is 3.41. The second-order valence-corrected chi connectivity index (χ2v) is 5.29. The number of nitrogens with one attached hydrogen (secondary N) is 1. The number of furan rings is 1. The second-order valence-electron chi connectivity index (χ2n) is 5.29. The van der Waals surface area contributed by atoms with Crippen LogP contribution in [0.15, 0.2) is 16.5 Å². The van der Waals surface area contributed by atoms with Crippen molar-refractivity contribution in [3.05, 3.63) is 23.7 Å². The molecule has 1 aliphatic carbocycles. The molecule has 1 heterocycles. The molecule has 0 aliphatic heterocycles. The summed E-state index contributed by atoms with van der Waals surface area (Å²) < 4.78 is 10.1. The largest absolute Gasteiger partial charge is 0.469 e. The van der Waals surface area contributed by atoms with Crippen molar-refractivity contribution < 1.29 is 18.7 Å². The summed E-state index contributed by atoms with van der Waals surface area (Å²) in [5.41, 5.74) is 0. The normalized spacial score (nSPS) is 22.3. The fourth-order valence-corrected chi connectivity index (χ4v) is 2.78. The minimum Gasteiger partial charge on any atom is -0.469 e. The first-order valence-corrected chi connectivity index (χ1v) is 7.04. The van der Waals surface area contributed by atoms with Gasteiger partial charge in [0.05, 0.1) is 13.0 Å². The topological polar surface area (TPSA) is 68.5 Å². The Kier molecular flexibility index (Phi) is 4.82. The molecule has 5 nitrogen and oxygen atoms in total. The van der Waals surface area contributed by atoms with Crippen molar-refractivity contribution in [2.45, 2.75) is 32.6 Å². The van der Waals surface area contributed by atoms with E-state index in [1.807, 2.05) is 0 Å². The standard InChI is InChI=1S/C15H21NO4/c1-10-7-8-13(20-10)14(17)16-9-11-5-3-4-6-12(11)15(18)19-2/h7-8,11-12H,3-6,9H2,1-2H3,(H,16,17). The van der Waals surface area contributed by atoms with Gasteiger partial charge in [-0.25, -0.2) is 0 Å². The maximum absolute atomic E-state index is 11.9. The molecule has 0 spiro atoms. The molecule has 0 bridgehead atoms. The lowest BCUT2D eigenvalue weighted by atomic mass is 9.79. The van der Waals surface area contributed by atoms with Gasteiger partial charge in [-0.1, -0.05) is 12.8 Å². The molecule has 0 radical (unpaired) electrons. The number of hydrogen-bond donors (Lipinski definition) is 1. The van der Waals surface area contributed by atoms with Crippen LogP contribution in [-0.2, 0) is 9.53 Å². The average Bonchev–Trinajstić information content (AvgIpc) is 2.91. The van der Waals surface area contributed by atoms with Crippen LogP contribution in [0.2, 0.25) is 0 Å². The zero-order chi connectivity index (χ0) is 14.5. The number of esters is 1. The minimum absolute atomic E-state index is 0.104. The Morgan fingerprint density at radius 2 is 2.10 bits per heavy atom. The summed E-state index contributed by atoms with van der Waals surface area (Å²) in [5, 5.41) is 2.85. The van der Waals surface area contributed by atoms with Crippen molar-refractivity contribution in [3.8, 4) is 0 Å². The molecule has 2 atom stereocenters. The van der Waals surface area contributed by atoms with Gasteiger partial charge in [0.1, 0.15) is 5.76 Å². The number of methoxy groups -OCH3 is 1. The molecule has 5 heteroatoms. The molecule has 0 saturated heterocycles. The van der Waals surface area contributed by atoms with Crippen molar-refractivity contribution in [2.75, 3.05) is 13.7 Å². The van der Waals surface area contributed by atoms with Crippen LogP contribution < -0.4 is 5.32 Å². The maximum atomic E-state index is 11.9. The lowest BCUT2D eigenvalue weighted by Gasteiger charge is -2.29. The maximum Gasteiger partial charge on any atom is 0.309 e. The van der Waals surface area contributed by atoms with Crippen LogP contribution in [-0.4, -0.2) is 25.5 Å². The molecular formula is C15H21NO4. The highest BCUT2D eigenvalue weighted by Crippen LogP contribution is 2.30. The van der Waals surface area contributed by atoms with Crippen molar-refractivity contribution >= 4 is 11.9 Å². The van der Waals surface area contributed by atoms with Crippen LogP contribution >= 0.6 is 0 Å². The lowest BCUT2D eigenvalue weighted by Crippen LogP contribution is -2.37. The second kappa shape index (κ2) is 6.59. The molecular weight excluding hydrogens is 258 g/mol. The van der Waals surface area contributed by atoms with Crippen molar-refractivity contribution in [1.82, 2.24) is 5.32 Å². The van der Waals surface area contributed by atoms with E-state index >= 15 is 0 Å². The first-order valence-electron chi connectivity index (χ1n) is 7.04. The fourth-order valence-electron chi connectivity index (χ4n) is 2.78. The zero-order valence-corrected chi connectivity index (χ0v) is 12.0. The monoisotopic (exact) mass is 279 g/mol. The van der Waals surface area contributed by atoms with Crippen LogP contribution in [0, 0.1) is 18.8 Å². The number of rotatable bonds is 4. The molecule has 1 aromatic heterocycles. The quantitative estimate of drug-likeness (QED) is 0.859. The highest BCUT2D eigenvalue weighted by Gasteiger charge is 2.31. The molecule has 1 aliphatic rings. The van der Waals surface area contributed by atoms with Gasteiger partial charge < -0.3 is 14.5 Å². The predicted octanol–water partition coefficient (Wildman–Crippen LogP) is 2.30. The Bertz CT molecular complexity index is 480. The van der Waals surface area contributed by atoms with Crippen LogP contribution in [0.4, 0.5) is 0 Å². The molecule has 1 saturated carbocycles. The van der Waals surface area contributed by atoms with Crippen molar-refractivity contribution in [1.29, 1.82) is 0 Å². The van der Waals surface area contributed by atoms with Crippen LogP contribution in [0.25, 0.3) is 0 Å². The first-order chi connectivity index (χ1) is 9.61. The van der Waals surface area contributed by atoms with Gasteiger partial charge in [-0.2, -0.15) is 0 Å². The van der Waals surface area contributed by atoms with E-state index in [9.17, 15) is 9.59 Å². The van der Waals surface area contributed by atoms with E-state index in [1.54, 1.807) is 19.1 Å². The number of carbonyl (C=O) groups is 2. The van der Waals surface area contributed by atoms with Gasteiger partial charge in [0, 0.05) is 6.54 Å².